The second kappa shape index (κ2) is 21.7. The third-order valence-electron chi connectivity index (χ3n) is 15.0. The van der Waals surface area contributed by atoms with Gasteiger partial charge in [-0.2, -0.15) is 0 Å². The lowest BCUT2D eigenvalue weighted by molar-refractivity contribution is -0.408. The van der Waals surface area contributed by atoms with Crippen molar-refractivity contribution < 1.29 is 42.7 Å². The second-order valence-corrected chi connectivity index (χ2v) is 31.6. The Morgan fingerprint density at radius 3 is 1.65 bits per heavy atom. The van der Waals surface area contributed by atoms with Crippen molar-refractivity contribution in [1.82, 2.24) is 0 Å². The molecule has 0 aliphatic carbocycles. The smallest absolute Gasteiger partial charge is 0.198 e. The topological polar surface area (TPSA) is 105 Å². The van der Waals surface area contributed by atoms with Crippen molar-refractivity contribution in [2.75, 3.05) is 19.8 Å². The fraction of sp³-hybridized carbons (Fsp3) is 0.564. The second-order valence-electron chi connectivity index (χ2n) is 22.0. The van der Waals surface area contributed by atoms with Gasteiger partial charge in [0.1, 0.15) is 18.3 Å². The summed E-state index contributed by atoms with van der Waals surface area (Å²) in [5.41, 5.74) is 0.462. The first kappa shape index (κ1) is 52.3. The first-order valence-corrected chi connectivity index (χ1v) is 30.0. The van der Waals surface area contributed by atoms with Crippen LogP contribution in [0, 0.1) is 5.92 Å². The molecule has 2 saturated heterocycles. The molecule has 0 amide bonds. The molecule has 362 valence electrons. The highest BCUT2D eigenvalue weighted by molar-refractivity contribution is 6.74. The Bertz CT molecular complexity index is 2060. The molecule has 2 aliphatic heterocycles. The fourth-order valence-corrected chi connectivity index (χ4v) is 11.2. The van der Waals surface area contributed by atoms with Crippen LogP contribution in [0.2, 0.25) is 36.3 Å². The lowest BCUT2D eigenvalue weighted by atomic mass is 9.75. The Morgan fingerprint density at radius 2 is 1.14 bits per heavy atom. The molecule has 2 fully saturated rings. The van der Waals surface area contributed by atoms with E-state index in [1.54, 1.807) is 0 Å². The number of fused-ring (bicyclic) bond motifs is 2. The monoisotopic (exact) mass is 941 g/mol. The van der Waals surface area contributed by atoms with Crippen molar-refractivity contribution in [3.8, 4) is 0 Å². The van der Waals surface area contributed by atoms with Crippen LogP contribution in [0.3, 0.4) is 0 Å². The van der Waals surface area contributed by atoms with Gasteiger partial charge in [-0.05, 0) is 83.7 Å². The van der Waals surface area contributed by atoms with E-state index in [4.69, 9.17) is 32.5 Å². The van der Waals surface area contributed by atoms with Crippen LogP contribution in [0.5, 0.6) is 0 Å². The molecule has 0 aromatic heterocycles. The van der Waals surface area contributed by atoms with Gasteiger partial charge >= 0.3 is 0 Å². The van der Waals surface area contributed by atoms with Gasteiger partial charge in [0.15, 0.2) is 33.6 Å². The zero-order chi connectivity index (χ0) is 47.9. The van der Waals surface area contributed by atoms with Crippen LogP contribution in [0.25, 0.3) is 0 Å². The average molecular weight is 941 g/mol. The Kier molecular flexibility index (Phi) is 17.2. The van der Waals surface area contributed by atoms with Crippen LogP contribution in [-0.2, 0) is 58.8 Å². The molecule has 0 saturated carbocycles. The minimum Gasteiger partial charge on any atom is -0.414 e. The summed E-state index contributed by atoms with van der Waals surface area (Å²) in [7, 11) is -4.71. The quantitative estimate of drug-likeness (QED) is 0.0704. The van der Waals surface area contributed by atoms with Crippen LogP contribution in [0.15, 0.2) is 121 Å². The van der Waals surface area contributed by atoms with Gasteiger partial charge in [0.25, 0.3) is 0 Å². The van der Waals surface area contributed by atoms with Crippen LogP contribution in [0.1, 0.15) is 90.0 Å². The van der Waals surface area contributed by atoms with Gasteiger partial charge in [-0.1, -0.05) is 170 Å². The van der Waals surface area contributed by atoms with Gasteiger partial charge in [0.05, 0.1) is 39.6 Å². The summed E-state index contributed by atoms with van der Waals surface area (Å²) in [6, 6.07) is 40.4. The molecular weight excluding hydrogens is 861 g/mol. The molecule has 0 radical (unpaired) electrons. The number of ether oxygens (including phenoxy) is 5. The first-order chi connectivity index (χ1) is 31.1. The molecule has 2 N–H and O–H groups in total. The van der Waals surface area contributed by atoms with E-state index in [-0.39, 0.29) is 55.1 Å². The number of benzene rings is 4. The molecule has 9 nitrogen and oxygen atoms in total. The zero-order valence-electron chi connectivity index (χ0n) is 41.8. The number of aliphatic hydroxyl groups excluding tert-OH is 1. The molecule has 11 heteroatoms. The van der Waals surface area contributed by atoms with E-state index >= 15 is 0 Å². The number of hydrogen-bond acceptors (Lipinski definition) is 9. The summed E-state index contributed by atoms with van der Waals surface area (Å²) in [6.45, 7) is 25.1. The molecule has 2 aliphatic rings. The summed E-state index contributed by atoms with van der Waals surface area (Å²) >= 11 is 0. The lowest BCUT2D eigenvalue weighted by Gasteiger charge is -2.55. The van der Waals surface area contributed by atoms with Gasteiger partial charge in [-0.3, -0.25) is 0 Å². The zero-order valence-corrected chi connectivity index (χ0v) is 43.8. The molecule has 4 aromatic rings. The molecule has 2 heterocycles. The van der Waals surface area contributed by atoms with Crippen LogP contribution in [0.4, 0.5) is 0 Å². The lowest BCUT2D eigenvalue weighted by Crippen LogP contribution is -2.75. The third kappa shape index (κ3) is 12.2. The Morgan fingerprint density at radius 1 is 0.652 bits per heavy atom. The van der Waals surface area contributed by atoms with Crippen molar-refractivity contribution >= 4 is 16.6 Å². The SMILES string of the molecule is C[C@@H](Cc1ccccc1)[C@@H](CCC[C@]12O[C@@H](COCc3ccccc3)[C@](O)(COCc3ccccc3)[C@](CO[Si](C)(C)C(C)(C)C)(O1)[C@@H](O)[C@H]2OCc1ccccc1)O[Si](C)(C)C(C)(C)C. The maximum Gasteiger partial charge on any atom is 0.198 e. The number of rotatable bonds is 23. The van der Waals surface area contributed by atoms with E-state index in [2.05, 4.69) is 105 Å². The summed E-state index contributed by atoms with van der Waals surface area (Å²) in [5, 5.41) is 26.6. The number of aliphatic hydroxyl groups is 2. The molecule has 6 rings (SSSR count). The van der Waals surface area contributed by atoms with Gasteiger partial charge in [-0.15, -0.1) is 0 Å². The Labute approximate surface area is 398 Å². The van der Waals surface area contributed by atoms with E-state index in [1.165, 1.54) is 5.56 Å². The average Bonchev–Trinajstić information content (AvgIpc) is 3.48. The summed E-state index contributed by atoms with van der Waals surface area (Å²) in [6.07, 6.45) is -0.860. The molecule has 2 bridgehead atoms. The van der Waals surface area contributed by atoms with Crippen LogP contribution in [-0.4, -0.2) is 88.1 Å². The minimum absolute atomic E-state index is 0.00358. The summed E-state index contributed by atoms with van der Waals surface area (Å²) in [5.74, 6) is -1.28. The molecule has 66 heavy (non-hydrogen) atoms. The maximum atomic E-state index is 13.6. The Balaban J connectivity index is 1.41. The van der Waals surface area contributed by atoms with Gasteiger partial charge < -0.3 is 42.7 Å². The van der Waals surface area contributed by atoms with Crippen LogP contribution >= 0.6 is 0 Å². The molecular formula is C55H80O9Si2. The van der Waals surface area contributed by atoms with Crippen molar-refractivity contribution in [3.05, 3.63) is 144 Å². The standard InChI is InChI=1S/C55H80O9Si2/c1-42(35-43-25-16-12-17-26-43)47(63-66(10,11)52(5,6)7)33-24-34-55-50(60-38-46-31-22-15-23-32-46)49(56)54(64-55,41-61-65(8,9)51(2,3)4)53(57,40-59-37-45-29-20-14-21-30-45)48(62-55)39-58-36-44-27-18-13-19-28-44/h12-23,25-32,42,47-50,56-57H,24,33-41H2,1-11H3/t42-,47+,48-,49-,50+,53+,54+,55-/m0/s1. The van der Waals surface area contributed by atoms with Crippen molar-refractivity contribution in [3.63, 3.8) is 0 Å². The largest absolute Gasteiger partial charge is 0.414 e. The number of hydrogen-bond donors (Lipinski definition) is 2. The normalized spacial score (nSPS) is 25.7. The van der Waals surface area contributed by atoms with Crippen molar-refractivity contribution in [2.24, 2.45) is 5.92 Å². The predicted octanol–water partition coefficient (Wildman–Crippen LogP) is 11.4. The van der Waals surface area contributed by atoms with Crippen LogP contribution < -0.4 is 0 Å². The highest BCUT2D eigenvalue weighted by Gasteiger charge is 2.77. The summed E-state index contributed by atoms with van der Waals surface area (Å²) < 4.78 is 48.8. The molecule has 4 aromatic carbocycles. The Hall–Kier alpha value is -3.05. The van der Waals surface area contributed by atoms with E-state index in [0.29, 0.717) is 19.4 Å². The minimum atomic E-state index is -2.51. The van der Waals surface area contributed by atoms with Gasteiger partial charge in [-0.25, -0.2) is 0 Å². The maximum absolute atomic E-state index is 13.6. The van der Waals surface area contributed by atoms with Crippen molar-refractivity contribution in [1.29, 1.82) is 0 Å². The predicted molar refractivity (Wildman–Crippen MR) is 268 cm³/mol. The van der Waals surface area contributed by atoms with E-state index in [1.807, 2.05) is 91.0 Å². The van der Waals surface area contributed by atoms with E-state index in [9.17, 15) is 10.2 Å². The van der Waals surface area contributed by atoms with Gasteiger partial charge in [0, 0.05) is 12.5 Å². The fourth-order valence-electron chi connectivity index (χ4n) is 8.76. The highest BCUT2D eigenvalue weighted by atomic mass is 28.4. The molecule has 0 unspecified atom stereocenters. The van der Waals surface area contributed by atoms with E-state index < -0.39 is 51.9 Å². The molecule has 8 atom stereocenters. The van der Waals surface area contributed by atoms with Gasteiger partial charge in [0.2, 0.25) is 0 Å². The molecule has 0 spiro atoms. The summed E-state index contributed by atoms with van der Waals surface area (Å²) in [4.78, 5) is 0. The van der Waals surface area contributed by atoms with Crippen molar-refractivity contribution in [2.45, 2.75) is 172 Å². The first-order valence-electron chi connectivity index (χ1n) is 24.1. The van der Waals surface area contributed by atoms with E-state index in [0.717, 1.165) is 29.5 Å². The third-order valence-corrected chi connectivity index (χ3v) is 24.0. The highest BCUT2D eigenvalue weighted by Crippen LogP contribution is 2.56.